The van der Waals surface area contributed by atoms with E-state index in [0.717, 1.165) is 38.1 Å². The van der Waals surface area contributed by atoms with E-state index in [2.05, 4.69) is 4.98 Å². The number of alkyl halides is 3. The van der Waals surface area contributed by atoms with Gasteiger partial charge in [-0.25, -0.2) is 4.79 Å². The largest absolute Gasteiger partial charge is 0.457 e. The average Bonchev–Trinajstić information content (AvgIpc) is 3.31. The van der Waals surface area contributed by atoms with Crippen molar-refractivity contribution in [2.24, 2.45) is 0 Å². The summed E-state index contributed by atoms with van der Waals surface area (Å²) in [6, 6.07) is 10.7. The Balaban J connectivity index is 1.45. The molecule has 0 atom stereocenters. The van der Waals surface area contributed by atoms with Gasteiger partial charge < -0.3 is 14.6 Å². The molecular formula is C23H19F3N2O4. The van der Waals surface area contributed by atoms with E-state index in [1.807, 2.05) is 0 Å². The van der Waals surface area contributed by atoms with Gasteiger partial charge >= 0.3 is 12.1 Å². The second-order valence-corrected chi connectivity index (χ2v) is 7.58. The molecule has 0 spiro atoms. The number of carbonyl (C=O) groups is 2. The van der Waals surface area contributed by atoms with Gasteiger partial charge in [-0.15, -0.1) is 0 Å². The molecule has 1 amide bonds. The number of aromatic amines is 1. The van der Waals surface area contributed by atoms with Crippen molar-refractivity contribution in [3.63, 3.8) is 0 Å². The van der Waals surface area contributed by atoms with E-state index in [9.17, 15) is 27.6 Å². The van der Waals surface area contributed by atoms with Gasteiger partial charge in [0.2, 0.25) is 0 Å². The molecule has 4 rings (SSSR count). The highest BCUT2D eigenvalue weighted by Gasteiger charge is 2.30. The quantitative estimate of drug-likeness (QED) is 0.614. The topological polar surface area (TPSA) is 79.5 Å². The molecule has 1 aromatic heterocycles. The second kappa shape index (κ2) is 8.49. The lowest BCUT2D eigenvalue weighted by molar-refractivity contribution is -0.137. The number of halogens is 3. The van der Waals surface area contributed by atoms with Gasteiger partial charge in [-0.3, -0.25) is 9.59 Å². The van der Waals surface area contributed by atoms with E-state index in [4.69, 9.17) is 4.74 Å². The second-order valence-electron chi connectivity index (χ2n) is 7.58. The van der Waals surface area contributed by atoms with Crippen LogP contribution in [0.15, 0.2) is 53.3 Å². The summed E-state index contributed by atoms with van der Waals surface area (Å²) in [6.45, 7) is 1.37. The Morgan fingerprint density at radius 1 is 1.00 bits per heavy atom. The number of benzene rings is 2. The van der Waals surface area contributed by atoms with Gasteiger partial charge in [0.15, 0.2) is 0 Å². The molecule has 1 saturated heterocycles. The molecule has 0 saturated carbocycles. The minimum atomic E-state index is -4.54. The van der Waals surface area contributed by atoms with E-state index in [1.54, 1.807) is 29.2 Å². The predicted molar refractivity (Wildman–Crippen MR) is 110 cm³/mol. The maximum absolute atomic E-state index is 12.8. The minimum Gasteiger partial charge on any atom is -0.457 e. The third-order valence-corrected chi connectivity index (χ3v) is 5.36. The smallest absolute Gasteiger partial charge is 0.416 e. The summed E-state index contributed by atoms with van der Waals surface area (Å²) < 4.78 is 43.7. The van der Waals surface area contributed by atoms with Gasteiger partial charge in [-0.1, -0.05) is 18.2 Å². The van der Waals surface area contributed by atoms with Crippen molar-refractivity contribution in [3.05, 3.63) is 81.1 Å². The molecule has 1 aliphatic rings. The van der Waals surface area contributed by atoms with Gasteiger partial charge in [-0.05, 0) is 54.1 Å². The minimum absolute atomic E-state index is 0.0281. The van der Waals surface area contributed by atoms with E-state index in [1.165, 1.54) is 12.1 Å². The molecule has 166 valence electrons. The van der Waals surface area contributed by atoms with Crippen LogP contribution in [0.25, 0.3) is 10.9 Å². The van der Waals surface area contributed by atoms with Crippen LogP contribution in [0.5, 0.6) is 0 Å². The Morgan fingerprint density at radius 3 is 2.34 bits per heavy atom. The van der Waals surface area contributed by atoms with Gasteiger partial charge in [0, 0.05) is 24.2 Å². The molecule has 0 unspecified atom stereocenters. The highest BCUT2D eigenvalue weighted by atomic mass is 19.4. The first-order valence-corrected chi connectivity index (χ1v) is 10.0. The molecular weight excluding hydrogens is 425 g/mol. The molecule has 1 aliphatic heterocycles. The van der Waals surface area contributed by atoms with E-state index >= 15 is 0 Å². The predicted octanol–water partition coefficient (Wildman–Crippen LogP) is 4.14. The first-order chi connectivity index (χ1) is 15.2. The number of aromatic nitrogens is 1. The Labute approximate surface area is 180 Å². The van der Waals surface area contributed by atoms with Crippen LogP contribution >= 0.6 is 0 Å². The SMILES string of the molecule is O=C(OCc1ccc(C(=O)N2CCCC2)cc1)c1cc2ccc(C(F)(F)F)cc2[nH]c1=O. The Morgan fingerprint density at radius 2 is 1.69 bits per heavy atom. The van der Waals surface area contributed by atoms with Gasteiger partial charge in [-0.2, -0.15) is 13.2 Å². The maximum atomic E-state index is 12.8. The summed E-state index contributed by atoms with van der Waals surface area (Å²) in [4.78, 5) is 41.0. The molecule has 2 heterocycles. The van der Waals surface area contributed by atoms with Crippen LogP contribution in [-0.2, 0) is 17.5 Å². The summed E-state index contributed by atoms with van der Waals surface area (Å²) in [7, 11) is 0. The first-order valence-electron chi connectivity index (χ1n) is 10.0. The summed E-state index contributed by atoms with van der Waals surface area (Å²) in [6.07, 6.45) is -2.55. The molecule has 32 heavy (non-hydrogen) atoms. The number of pyridine rings is 1. The Hall–Kier alpha value is -3.62. The summed E-state index contributed by atoms with van der Waals surface area (Å²) >= 11 is 0. The van der Waals surface area contributed by atoms with E-state index in [0.29, 0.717) is 11.1 Å². The molecule has 3 aromatic rings. The third kappa shape index (κ3) is 4.51. The highest BCUT2D eigenvalue weighted by molar-refractivity contribution is 5.95. The third-order valence-electron chi connectivity index (χ3n) is 5.36. The fourth-order valence-electron chi connectivity index (χ4n) is 3.60. The number of nitrogens with zero attached hydrogens (tertiary/aromatic N) is 1. The normalized spacial score (nSPS) is 14.0. The van der Waals surface area contributed by atoms with Gasteiger partial charge in [0.05, 0.1) is 5.56 Å². The summed E-state index contributed by atoms with van der Waals surface area (Å²) in [5.41, 5.74) is -0.900. The zero-order valence-corrected chi connectivity index (χ0v) is 16.9. The lowest BCUT2D eigenvalue weighted by Crippen LogP contribution is -2.27. The number of H-pyrrole nitrogens is 1. The number of rotatable bonds is 4. The summed E-state index contributed by atoms with van der Waals surface area (Å²) in [5, 5.41) is 0.273. The number of carbonyl (C=O) groups excluding carboxylic acids is 2. The first kappa shape index (κ1) is 21.6. The fourth-order valence-corrected chi connectivity index (χ4v) is 3.60. The molecule has 6 nitrogen and oxygen atoms in total. The van der Waals surface area contributed by atoms with Crippen molar-refractivity contribution >= 4 is 22.8 Å². The highest BCUT2D eigenvalue weighted by Crippen LogP contribution is 2.30. The molecule has 1 fully saturated rings. The van der Waals surface area contributed by atoms with E-state index < -0.39 is 23.3 Å². The van der Waals surface area contributed by atoms with Crippen molar-refractivity contribution in [2.75, 3.05) is 13.1 Å². The Bertz CT molecular complexity index is 1230. The Kier molecular flexibility index (Phi) is 5.73. The van der Waals surface area contributed by atoms with Crippen molar-refractivity contribution in [2.45, 2.75) is 25.6 Å². The molecule has 0 aliphatic carbocycles. The lowest BCUT2D eigenvalue weighted by Gasteiger charge is -2.15. The van der Waals surface area contributed by atoms with Crippen LogP contribution in [0, 0.1) is 0 Å². The number of esters is 1. The lowest BCUT2D eigenvalue weighted by atomic mass is 10.1. The molecule has 0 bridgehead atoms. The van der Waals surface area contributed by atoms with Crippen molar-refractivity contribution in [3.8, 4) is 0 Å². The molecule has 1 N–H and O–H groups in total. The number of amides is 1. The van der Waals surface area contributed by atoms with Crippen molar-refractivity contribution in [1.82, 2.24) is 9.88 Å². The number of hydrogen-bond donors (Lipinski definition) is 1. The van der Waals surface area contributed by atoms with Crippen LogP contribution in [-0.4, -0.2) is 34.8 Å². The van der Waals surface area contributed by atoms with Crippen LogP contribution in [0.3, 0.4) is 0 Å². The zero-order chi connectivity index (χ0) is 22.9. The molecule has 0 radical (unpaired) electrons. The van der Waals surface area contributed by atoms with Crippen LogP contribution in [0.1, 0.15) is 44.7 Å². The number of nitrogens with one attached hydrogen (secondary N) is 1. The van der Waals surface area contributed by atoms with Gasteiger partial charge in [0.25, 0.3) is 11.5 Å². The summed E-state index contributed by atoms with van der Waals surface area (Å²) in [5.74, 6) is -0.937. The van der Waals surface area contributed by atoms with Crippen LogP contribution in [0.2, 0.25) is 0 Å². The number of hydrogen-bond acceptors (Lipinski definition) is 4. The zero-order valence-electron chi connectivity index (χ0n) is 16.9. The molecule has 2 aromatic carbocycles. The molecule has 9 heteroatoms. The number of ether oxygens (including phenoxy) is 1. The van der Waals surface area contributed by atoms with Gasteiger partial charge in [0.1, 0.15) is 12.2 Å². The van der Waals surface area contributed by atoms with E-state index in [-0.39, 0.29) is 29.0 Å². The number of fused-ring (bicyclic) bond motifs is 1. The van der Waals surface area contributed by atoms with Crippen molar-refractivity contribution in [1.29, 1.82) is 0 Å². The van der Waals surface area contributed by atoms with Crippen LogP contribution < -0.4 is 5.56 Å². The standard InChI is InChI=1S/C23H19F3N2O4/c24-23(25,26)17-8-7-16-11-18(20(29)27-19(16)12-17)22(31)32-13-14-3-5-15(6-4-14)21(30)28-9-1-2-10-28/h3-8,11-12H,1-2,9-10,13H2,(H,27,29). The van der Waals surface area contributed by atoms with Crippen molar-refractivity contribution < 1.29 is 27.5 Å². The fraction of sp³-hybridized carbons (Fsp3) is 0.261. The monoisotopic (exact) mass is 444 g/mol. The van der Waals surface area contributed by atoms with Crippen LogP contribution in [0.4, 0.5) is 13.2 Å². The average molecular weight is 444 g/mol. The maximum Gasteiger partial charge on any atom is 0.416 e. The number of likely N-dealkylation sites (tertiary alicyclic amines) is 1.